The molecule has 0 spiro atoms. The highest BCUT2D eigenvalue weighted by Crippen LogP contribution is 2.43. The lowest BCUT2D eigenvalue weighted by Crippen LogP contribution is -2.29. The van der Waals surface area contributed by atoms with Crippen molar-refractivity contribution in [2.24, 2.45) is 0 Å². The first-order chi connectivity index (χ1) is 18.6. The molecule has 0 radical (unpaired) electrons. The van der Waals surface area contributed by atoms with E-state index in [0.29, 0.717) is 10.1 Å². The molecule has 1 aliphatic heterocycles. The summed E-state index contributed by atoms with van der Waals surface area (Å²) in [6.07, 6.45) is 1.79. The molecule has 38 heavy (non-hydrogen) atoms. The topological polar surface area (TPSA) is 50.5 Å². The SMILES string of the molecule is Cc1ccc(-c2ccc([C@H]3[C@@H](c4ccccn4)NC(=S)N3c3ccc(Oc4ccccc4)cc3)o2)cc1Cl. The molecule has 3 aromatic carbocycles. The smallest absolute Gasteiger partial charge is 0.174 e. The highest BCUT2D eigenvalue weighted by atomic mass is 35.5. The van der Waals surface area contributed by atoms with Gasteiger partial charge in [-0.25, -0.2) is 0 Å². The zero-order valence-electron chi connectivity index (χ0n) is 20.5. The van der Waals surface area contributed by atoms with E-state index in [4.69, 9.17) is 33.0 Å². The minimum Gasteiger partial charge on any atom is -0.459 e. The molecule has 1 fully saturated rings. The number of nitrogens with zero attached hydrogens (tertiary/aromatic N) is 2. The zero-order valence-corrected chi connectivity index (χ0v) is 22.1. The molecular weight excluding hydrogens is 514 g/mol. The van der Waals surface area contributed by atoms with Gasteiger partial charge in [-0.05, 0) is 91.4 Å². The Morgan fingerprint density at radius 1 is 0.895 bits per heavy atom. The minimum atomic E-state index is -0.257. The van der Waals surface area contributed by atoms with E-state index >= 15 is 0 Å². The van der Waals surface area contributed by atoms with Gasteiger partial charge in [-0.15, -0.1) is 0 Å². The fourth-order valence-corrected chi connectivity index (χ4v) is 5.16. The van der Waals surface area contributed by atoms with Crippen LogP contribution >= 0.6 is 23.8 Å². The number of para-hydroxylation sites is 1. The number of hydrogen-bond donors (Lipinski definition) is 1. The lowest BCUT2D eigenvalue weighted by molar-refractivity contribution is 0.439. The summed E-state index contributed by atoms with van der Waals surface area (Å²) in [6, 6.07) is 32.9. The van der Waals surface area contributed by atoms with Gasteiger partial charge in [-0.2, -0.15) is 0 Å². The lowest BCUT2D eigenvalue weighted by atomic mass is 10.0. The van der Waals surface area contributed by atoms with Crippen LogP contribution in [-0.2, 0) is 0 Å². The summed E-state index contributed by atoms with van der Waals surface area (Å²) in [7, 11) is 0. The number of nitrogens with one attached hydrogen (secondary N) is 1. The van der Waals surface area contributed by atoms with Crippen molar-refractivity contribution in [3.63, 3.8) is 0 Å². The van der Waals surface area contributed by atoms with Gasteiger partial charge < -0.3 is 19.4 Å². The van der Waals surface area contributed by atoms with E-state index in [0.717, 1.165) is 45.5 Å². The molecule has 0 bridgehead atoms. The second-order valence-electron chi connectivity index (χ2n) is 9.07. The van der Waals surface area contributed by atoms with E-state index in [1.54, 1.807) is 6.20 Å². The van der Waals surface area contributed by atoms with Crippen LogP contribution in [-0.4, -0.2) is 10.1 Å². The number of aromatic nitrogens is 1. The Hall–Kier alpha value is -4.13. The average Bonchev–Trinajstić information content (AvgIpc) is 3.56. The van der Waals surface area contributed by atoms with Gasteiger partial charge >= 0.3 is 0 Å². The summed E-state index contributed by atoms with van der Waals surface area (Å²) in [5.74, 6) is 3.04. The van der Waals surface area contributed by atoms with E-state index in [9.17, 15) is 0 Å². The Morgan fingerprint density at radius 3 is 2.39 bits per heavy atom. The predicted molar refractivity (Wildman–Crippen MR) is 155 cm³/mol. The number of anilines is 1. The molecule has 6 rings (SSSR count). The van der Waals surface area contributed by atoms with Crippen LogP contribution in [0.4, 0.5) is 5.69 Å². The van der Waals surface area contributed by atoms with Crippen molar-refractivity contribution in [2.75, 3.05) is 4.90 Å². The summed E-state index contributed by atoms with van der Waals surface area (Å²) in [4.78, 5) is 6.69. The number of rotatable bonds is 6. The number of benzene rings is 3. The Bertz CT molecular complexity index is 1570. The third-order valence-electron chi connectivity index (χ3n) is 6.57. The summed E-state index contributed by atoms with van der Waals surface area (Å²) in [5, 5.41) is 4.77. The second kappa shape index (κ2) is 10.3. The van der Waals surface area contributed by atoms with Crippen molar-refractivity contribution < 1.29 is 9.15 Å². The van der Waals surface area contributed by atoms with E-state index in [2.05, 4.69) is 15.2 Å². The van der Waals surface area contributed by atoms with Crippen molar-refractivity contribution >= 4 is 34.6 Å². The Labute approximate surface area is 231 Å². The first-order valence-corrected chi connectivity index (χ1v) is 13.1. The molecule has 3 heterocycles. The number of aryl methyl sites for hydroxylation is 1. The fraction of sp³-hybridized carbons (Fsp3) is 0.0968. The molecule has 2 aromatic heterocycles. The van der Waals surface area contributed by atoms with Gasteiger partial charge in [0, 0.05) is 22.5 Å². The quantitative estimate of drug-likeness (QED) is 0.220. The van der Waals surface area contributed by atoms with Crippen molar-refractivity contribution in [1.82, 2.24) is 10.3 Å². The molecule has 0 saturated carbocycles. The number of ether oxygens (including phenoxy) is 1. The van der Waals surface area contributed by atoms with Crippen LogP contribution in [0.25, 0.3) is 11.3 Å². The summed E-state index contributed by atoms with van der Waals surface area (Å²) in [6.45, 7) is 1.98. The van der Waals surface area contributed by atoms with Crippen LogP contribution in [0.3, 0.4) is 0 Å². The third-order valence-corrected chi connectivity index (χ3v) is 7.29. The summed E-state index contributed by atoms with van der Waals surface area (Å²) in [5.41, 5.74) is 3.74. The Balaban J connectivity index is 1.36. The predicted octanol–water partition coefficient (Wildman–Crippen LogP) is 8.27. The molecule has 1 saturated heterocycles. The molecule has 0 unspecified atom stereocenters. The van der Waals surface area contributed by atoms with Crippen LogP contribution in [0.1, 0.15) is 29.1 Å². The van der Waals surface area contributed by atoms with E-state index in [1.165, 1.54) is 0 Å². The molecule has 7 heteroatoms. The lowest BCUT2D eigenvalue weighted by Gasteiger charge is -2.26. The van der Waals surface area contributed by atoms with E-state index < -0.39 is 0 Å². The van der Waals surface area contributed by atoms with Gasteiger partial charge in [0.1, 0.15) is 29.1 Å². The summed E-state index contributed by atoms with van der Waals surface area (Å²) < 4.78 is 12.4. The first kappa shape index (κ1) is 24.2. The van der Waals surface area contributed by atoms with Crippen molar-refractivity contribution in [3.05, 3.63) is 131 Å². The van der Waals surface area contributed by atoms with Crippen molar-refractivity contribution in [2.45, 2.75) is 19.0 Å². The van der Waals surface area contributed by atoms with E-state index in [1.807, 2.05) is 110 Å². The van der Waals surface area contributed by atoms with Gasteiger partial charge in [-0.3, -0.25) is 4.98 Å². The molecule has 188 valence electrons. The fourth-order valence-electron chi connectivity index (χ4n) is 4.63. The highest BCUT2D eigenvalue weighted by Gasteiger charge is 2.42. The van der Waals surface area contributed by atoms with Gasteiger partial charge in [0.05, 0.1) is 11.7 Å². The van der Waals surface area contributed by atoms with Gasteiger partial charge in [0.25, 0.3) is 0 Å². The maximum absolute atomic E-state index is 6.45. The van der Waals surface area contributed by atoms with Crippen LogP contribution in [0.2, 0.25) is 5.02 Å². The molecule has 0 amide bonds. The largest absolute Gasteiger partial charge is 0.459 e. The monoisotopic (exact) mass is 537 g/mol. The van der Waals surface area contributed by atoms with Crippen molar-refractivity contribution in [1.29, 1.82) is 0 Å². The number of halogens is 1. The van der Waals surface area contributed by atoms with Crippen LogP contribution in [0.15, 0.2) is 114 Å². The number of thiocarbonyl (C=S) groups is 1. The highest BCUT2D eigenvalue weighted by molar-refractivity contribution is 7.80. The maximum atomic E-state index is 6.45. The third kappa shape index (κ3) is 4.76. The zero-order chi connectivity index (χ0) is 26.1. The molecule has 0 aliphatic carbocycles. The summed E-state index contributed by atoms with van der Waals surface area (Å²) >= 11 is 12.2. The molecule has 1 N–H and O–H groups in total. The van der Waals surface area contributed by atoms with Crippen LogP contribution in [0, 0.1) is 6.92 Å². The average molecular weight is 538 g/mol. The second-order valence-corrected chi connectivity index (χ2v) is 9.87. The van der Waals surface area contributed by atoms with E-state index in [-0.39, 0.29) is 12.1 Å². The molecular formula is C31H24ClN3O2S. The van der Waals surface area contributed by atoms with Gasteiger partial charge in [0.2, 0.25) is 0 Å². The minimum absolute atomic E-state index is 0.204. The standard InChI is InChI=1S/C31H24ClN3O2S/c1-20-10-11-21(19-25(20)32)27-16-17-28(37-27)30-29(26-9-5-6-18-33-26)34-31(38)35(30)22-12-14-24(15-13-22)36-23-7-3-2-4-8-23/h2-19,29-30H,1H3,(H,34,38)/t29-,30+/m1/s1. The molecule has 1 aliphatic rings. The first-order valence-electron chi connectivity index (χ1n) is 12.3. The van der Waals surface area contributed by atoms with Crippen LogP contribution in [0.5, 0.6) is 11.5 Å². The molecule has 2 atom stereocenters. The van der Waals surface area contributed by atoms with Gasteiger partial charge in [0.15, 0.2) is 5.11 Å². The van der Waals surface area contributed by atoms with Crippen LogP contribution < -0.4 is 15.0 Å². The van der Waals surface area contributed by atoms with Gasteiger partial charge in [-0.1, -0.05) is 48.0 Å². The molecule has 5 aromatic rings. The van der Waals surface area contributed by atoms with Crippen molar-refractivity contribution in [3.8, 4) is 22.8 Å². The number of hydrogen-bond acceptors (Lipinski definition) is 4. The number of furan rings is 1. The normalized spacial score (nSPS) is 16.9. The number of pyridine rings is 1. The molecule has 5 nitrogen and oxygen atoms in total. The maximum Gasteiger partial charge on any atom is 0.174 e. The Morgan fingerprint density at radius 2 is 1.66 bits per heavy atom. The Kier molecular flexibility index (Phi) is 6.58.